The normalized spacial score (nSPS) is 9.25. The number of rotatable bonds is 0. The van der Waals surface area contributed by atoms with Crippen LogP contribution in [0.2, 0.25) is 0 Å². The van der Waals surface area contributed by atoms with Gasteiger partial charge in [0.1, 0.15) is 0 Å². The van der Waals surface area contributed by atoms with Crippen molar-refractivity contribution >= 4 is 21.2 Å². The van der Waals surface area contributed by atoms with E-state index < -0.39 is 0 Å². The fourth-order valence-electron chi connectivity index (χ4n) is 0.452. The zero-order chi connectivity index (χ0) is 5.98. The molecule has 1 aromatic rings. The van der Waals surface area contributed by atoms with E-state index >= 15 is 0 Å². The molecule has 0 aliphatic heterocycles. The summed E-state index contributed by atoms with van der Waals surface area (Å²) >= 11 is 2.17. The van der Waals surface area contributed by atoms with E-state index in [1.54, 1.807) is 18.2 Å². The van der Waals surface area contributed by atoms with Gasteiger partial charge in [-0.15, -0.1) is 0 Å². The molecule has 2 radical (unpaired) electrons. The van der Waals surface area contributed by atoms with Gasteiger partial charge in [0.25, 0.3) is 0 Å². The van der Waals surface area contributed by atoms with Crippen molar-refractivity contribution in [3.63, 3.8) is 0 Å². The minimum absolute atomic E-state index is 0.160. The van der Waals surface area contributed by atoms with Crippen LogP contribution >= 0.6 is 0 Å². The summed E-state index contributed by atoms with van der Waals surface area (Å²) in [5, 5.41) is 0. The molecule has 2 heteroatoms. The molecule has 0 heterocycles. The third kappa shape index (κ3) is 1.10. The Labute approximate surface area is 56.2 Å². The summed E-state index contributed by atoms with van der Waals surface area (Å²) in [6.07, 6.45) is 0. The Morgan fingerprint density at radius 2 is 1.88 bits per heavy atom. The van der Waals surface area contributed by atoms with Crippen LogP contribution in [0.4, 0.5) is 4.39 Å². The summed E-state index contributed by atoms with van der Waals surface area (Å²) in [5.41, 5.74) is 0. The Balaban J connectivity index is 3.13. The first-order valence-corrected chi connectivity index (χ1v) is 3.18. The van der Waals surface area contributed by atoms with Crippen molar-refractivity contribution in [2.75, 3.05) is 0 Å². The molecule has 40 valence electrons. The van der Waals surface area contributed by atoms with Crippen LogP contribution in [0.25, 0.3) is 0 Å². The Hall–Kier alpha value is -0.292. The van der Waals surface area contributed by atoms with E-state index in [2.05, 4.69) is 16.9 Å². The predicted molar refractivity (Wildman–Crippen MR) is 31.8 cm³/mol. The molecule has 0 fully saturated rings. The number of halogens is 1. The molecule has 0 saturated carbocycles. The molecule has 1 aromatic carbocycles. The van der Waals surface area contributed by atoms with Crippen LogP contribution in [-0.2, 0) is 0 Å². The molecule has 0 N–H and O–H groups in total. The van der Waals surface area contributed by atoms with Gasteiger partial charge in [-0.25, -0.2) is 0 Å². The van der Waals surface area contributed by atoms with E-state index in [4.69, 9.17) is 0 Å². The van der Waals surface area contributed by atoms with E-state index in [1.165, 1.54) is 6.07 Å². The SMILES string of the molecule is Fc1ccccc1[As]. The quantitative estimate of drug-likeness (QED) is 0.500. The van der Waals surface area contributed by atoms with Crippen LogP contribution in [0.15, 0.2) is 24.3 Å². The third-order valence-electron chi connectivity index (χ3n) is 0.852. The minimum atomic E-state index is -0.160. The summed E-state index contributed by atoms with van der Waals surface area (Å²) in [7, 11) is 0. The van der Waals surface area contributed by atoms with E-state index in [0.29, 0.717) is 4.35 Å². The summed E-state index contributed by atoms with van der Waals surface area (Å²) in [5.74, 6) is -0.160. The van der Waals surface area contributed by atoms with Gasteiger partial charge in [0.2, 0.25) is 0 Å². The molecule has 0 atom stereocenters. The zero-order valence-corrected chi connectivity index (χ0v) is 6.01. The van der Waals surface area contributed by atoms with Gasteiger partial charge in [-0.3, -0.25) is 0 Å². The Morgan fingerprint density at radius 3 is 2.25 bits per heavy atom. The van der Waals surface area contributed by atoms with E-state index in [0.717, 1.165) is 0 Å². The number of hydrogen-bond donors (Lipinski definition) is 0. The summed E-state index contributed by atoms with van der Waals surface area (Å²) in [4.78, 5) is 0. The second-order valence-electron chi connectivity index (χ2n) is 1.45. The topological polar surface area (TPSA) is 0 Å². The molecular formula is C6H4AsF. The molecule has 0 aliphatic rings. The molecule has 0 amide bonds. The molecule has 8 heavy (non-hydrogen) atoms. The Kier molecular flexibility index (Phi) is 1.69. The summed E-state index contributed by atoms with van der Waals surface area (Å²) in [6.45, 7) is 0. The molecule has 0 nitrogen and oxygen atoms in total. The van der Waals surface area contributed by atoms with Gasteiger partial charge in [-0.2, -0.15) is 0 Å². The monoisotopic (exact) mass is 170 g/mol. The van der Waals surface area contributed by atoms with Crippen molar-refractivity contribution in [1.82, 2.24) is 0 Å². The third-order valence-corrected chi connectivity index (χ3v) is 1.61. The van der Waals surface area contributed by atoms with Gasteiger partial charge in [0, 0.05) is 0 Å². The van der Waals surface area contributed by atoms with Gasteiger partial charge in [-0.05, 0) is 0 Å². The van der Waals surface area contributed by atoms with Gasteiger partial charge in [-0.1, -0.05) is 0 Å². The number of hydrogen-bond acceptors (Lipinski definition) is 0. The van der Waals surface area contributed by atoms with Gasteiger partial charge < -0.3 is 0 Å². The second-order valence-corrected chi connectivity index (χ2v) is 2.46. The summed E-state index contributed by atoms with van der Waals surface area (Å²) in [6, 6.07) is 6.63. The predicted octanol–water partition coefficient (Wildman–Crippen LogP) is 0.619. The molecule has 0 bridgehead atoms. The first-order valence-electron chi connectivity index (χ1n) is 2.24. The van der Waals surface area contributed by atoms with Crippen LogP contribution in [0.5, 0.6) is 0 Å². The van der Waals surface area contributed by atoms with Gasteiger partial charge in [0.05, 0.1) is 0 Å². The van der Waals surface area contributed by atoms with E-state index in [9.17, 15) is 4.39 Å². The van der Waals surface area contributed by atoms with Crippen molar-refractivity contribution in [1.29, 1.82) is 0 Å². The standard InChI is InChI=1S/C6H4AsF/c7-5-3-1-2-4-6(5)8/h1-4H. The molecular weight excluding hydrogens is 166 g/mol. The molecule has 0 spiro atoms. The van der Waals surface area contributed by atoms with Gasteiger partial charge >= 0.3 is 55.7 Å². The number of benzene rings is 1. The average Bonchev–Trinajstić information content (AvgIpc) is 1.77. The van der Waals surface area contributed by atoms with Crippen molar-refractivity contribution in [2.24, 2.45) is 0 Å². The van der Waals surface area contributed by atoms with Crippen molar-refractivity contribution in [2.45, 2.75) is 0 Å². The van der Waals surface area contributed by atoms with Crippen LogP contribution in [0.3, 0.4) is 0 Å². The molecule has 0 saturated heterocycles. The first kappa shape index (κ1) is 5.84. The molecule has 1 rings (SSSR count). The zero-order valence-electron chi connectivity index (χ0n) is 4.13. The average molecular weight is 170 g/mol. The maximum atomic E-state index is 12.3. The summed E-state index contributed by atoms with van der Waals surface area (Å²) < 4.78 is 12.9. The van der Waals surface area contributed by atoms with Crippen molar-refractivity contribution in [3.8, 4) is 0 Å². The molecule has 0 aromatic heterocycles. The maximum absolute atomic E-state index is 12.3. The second kappa shape index (κ2) is 2.32. The Morgan fingerprint density at radius 1 is 1.25 bits per heavy atom. The molecule has 0 unspecified atom stereocenters. The van der Waals surface area contributed by atoms with Crippen LogP contribution in [-0.4, -0.2) is 16.9 Å². The van der Waals surface area contributed by atoms with Crippen molar-refractivity contribution in [3.05, 3.63) is 30.1 Å². The fraction of sp³-hybridized carbons (Fsp3) is 0. The van der Waals surface area contributed by atoms with E-state index in [-0.39, 0.29) is 5.82 Å². The van der Waals surface area contributed by atoms with Crippen LogP contribution in [0.1, 0.15) is 0 Å². The first-order chi connectivity index (χ1) is 3.80. The Bertz CT molecular complexity index is 165. The molecule has 0 aliphatic carbocycles. The fourth-order valence-corrected chi connectivity index (χ4v) is 0.789. The van der Waals surface area contributed by atoms with E-state index in [1.807, 2.05) is 0 Å². The van der Waals surface area contributed by atoms with Crippen LogP contribution in [0, 0.1) is 5.82 Å². The van der Waals surface area contributed by atoms with Crippen molar-refractivity contribution < 1.29 is 4.39 Å². The van der Waals surface area contributed by atoms with Crippen LogP contribution < -0.4 is 4.35 Å². The van der Waals surface area contributed by atoms with Gasteiger partial charge in [0.15, 0.2) is 0 Å².